The Labute approximate surface area is 168 Å². The minimum absolute atomic E-state index is 0.362. The van der Waals surface area contributed by atoms with Crippen molar-refractivity contribution in [2.45, 2.75) is 12.0 Å². The molecular weight excluding hydrogens is 368 g/mol. The molecule has 2 aromatic carbocycles. The highest BCUT2D eigenvalue weighted by atomic mass is 16.5. The summed E-state index contributed by atoms with van der Waals surface area (Å²) >= 11 is 0. The molecule has 4 rings (SSSR count). The van der Waals surface area contributed by atoms with Gasteiger partial charge < -0.3 is 19.3 Å². The quantitative estimate of drug-likeness (QED) is 0.678. The molecule has 29 heavy (non-hydrogen) atoms. The number of nitrogens with zero attached hydrogens (tertiary/aromatic N) is 2. The molecule has 2 atom stereocenters. The number of benzene rings is 2. The second-order valence-electron chi connectivity index (χ2n) is 7.20. The van der Waals surface area contributed by atoms with Crippen molar-refractivity contribution >= 4 is 28.5 Å². The van der Waals surface area contributed by atoms with Crippen LogP contribution in [0.5, 0.6) is 0 Å². The first-order valence-corrected chi connectivity index (χ1v) is 9.45. The van der Waals surface area contributed by atoms with Crippen LogP contribution in [0.4, 0.5) is 0 Å². The van der Waals surface area contributed by atoms with Gasteiger partial charge in [-0.15, -0.1) is 0 Å². The normalized spacial score (nSPS) is 18.6. The molecule has 2 heterocycles. The smallest absolute Gasteiger partial charge is 0.313 e. The zero-order valence-corrected chi connectivity index (χ0v) is 16.3. The summed E-state index contributed by atoms with van der Waals surface area (Å²) in [5.74, 6) is 0.315. The largest absolute Gasteiger partial charge is 0.481 e. The van der Waals surface area contributed by atoms with E-state index in [1.54, 1.807) is 19.2 Å². The van der Waals surface area contributed by atoms with E-state index in [0.29, 0.717) is 30.0 Å². The summed E-state index contributed by atoms with van der Waals surface area (Å²) in [6, 6.07) is 14.5. The number of aromatic nitrogens is 1. The number of fused-ring (bicyclic) bond motifs is 2. The summed E-state index contributed by atoms with van der Waals surface area (Å²) in [5, 5.41) is 11.2. The number of aliphatic carboxylic acids is 1. The van der Waals surface area contributed by atoms with Crippen LogP contribution in [0.3, 0.4) is 0 Å². The second-order valence-corrected chi connectivity index (χ2v) is 7.20. The minimum Gasteiger partial charge on any atom is -0.481 e. The predicted molar refractivity (Wildman–Crippen MR) is 110 cm³/mol. The third-order valence-corrected chi connectivity index (χ3v) is 5.64. The van der Waals surface area contributed by atoms with Crippen LogP contribution in [0, 0.1) is 0 Å². The molecule has 3 aromatic rings. The lowest BCUT2D eigenvalue weighted by molar-refractivity contribution is -0.140. The van der Waals surface area contributed by atoms with Crippen molar-refractivity contribution in [1.29, 1.82) is 0 Å². The molecule has 0 saturated heterocycles. The van der Waals surface area contributed by atoms with Gasteiger partial charge in [0.25, 0.3) is 0 Å². The standard InChI is InChI=1S/C23H22N2O4/c1-24-13-18(16-8-5-6-10-19(16)24)22-21(23(27)28)17-9-4-3-7-15(17)20(14-26)25(22)11-12-29-2/h3-10,13,21-22H,11-12H2,1-2H3,(H,27,28). The highest BCUT2D eigenvalue weighted by molar-refractivity contribution is 5.94. The lowest BCUT2D eigenvalue weighted by atomic mass is 9.79. The fraction of sp³-hybridized carbons (Fsp3) is 0.261. The van der Waals surface area contributed by atoms with Crippen LogP contribution in [0.2, 0.25) is 0 Å². The van der Waals surface area contributed by atoms with Gasteiger partial charge in [-0.05, 0) is 11.6 Å². The van der Waals surface area contributed by atoms with Crippen molar-refractivity contribution in [1.82, 2.24) is 9.47 Å². The van der Waals surface area contributed by atoms with Gasteiger partial charge in [-0.25, -0.2) is 4.79 Å². The van der Waals surface area contributed by atoms with E-state index in [1.165, 1.54) is 0 Å². The first kappa shape index (κ1) is 19.0. The van der Waals surface area contributed by atoms with Gasteiger partial charge in [0.1, 0.15) is 11.6 Å². The van der Waals surface area contributed by atoms with Gasteiger partial charge in [0.2, 0.25) is 0 Å². The molecule has 6 nitrogen and oxygen atoms in total. The van der Waals surface area contributed by atoms with Gasteiger partial charge in [0, 0.05) is 48.9 Å². The van der Waals surface area contributed by atoms with Gasteiger partial charge in [0.15, 0.2) is 5.94 Å². The number of ether oxygens (including phenoxy) is 1. The Hall–Kier alpha value is -3.34. The van der Waals surface area contributed by atoms with Gasteiger partial charge in [0.05, 0.1) is 12.6 Å². The number of carbonyl (C=O) groups is 1. The molecule has 0 fully saturated rings. The van der Waals surface area contributed by atoms with Crippen LogP contribution in [-0.4, -0.2) is 46.7 Å². The lowest BCUT2D eigenvalue weighted by Crippen LogP contribution is -2.41. The number of aryl methyl sites for hydroxylation is 1. The fourth-order valence-corrected chi connectivity index (χ4v) is 4.41. The number of carboxylic acid groups (broad SMARTS) is 1. The zero-order valence-electron chi connectivity index (χ0n) is 16.3. The maximum Gasteiger partial charge on any atom is 0.313 e. The Kier molecular flexibility index (Phi) is 4.97. The van der Waals surface area contributed by atoms with E-state index < -0.39 is 17.9 Å². The van der Waals surface area contributed by atoms with E-state index in [-0.39, 0.29) is 0 Å². The molecule has 148 valence electrons. The molecular formula is C23H22N2O4. The molecule has 0 aliphatic carbocycles. The highest BCUT2D eigenvalue weighted by Crippen LogP contribution is 2.48. The number of para-hydroxylation sites is 1. The first-order valence-electron chi connectivity index (χ1n) is 9.45. The van der Waals surface area contributed by atoms with Crippen LogP contribution in [0.15, 0.2) is 54.7 Å². The third-order valence-electron chi connectivity index (χ3n) is 5.64. The molecule has 0 bridgehead atoms. The number of hydrogen-bond donors (Lipinski definition) is 1. The summed E-state index contributed by atoms with van der Waals surface area (Å²) in [5.41, 5.74) is 3.49. The summed E-state index contributed by atoms with van der Waals surface area (Å²) in [6.45, 7) is 0.744. The monoisotopic (exact) mass is 390 g/mol. The molecule has 1 aromatic heterocycles. The Morgan fingerprint density at radius 3 is 2.59 bits per heavy atom. The Morgan fingerprint density at radius 1 is 1.14 bits per heavy atom. The van der Waals surface area contributed by atoms with Crippen molar-refractivity contribution in [2.75, 3.05) is 20.3 Å². The van der Waals surface area contributed by atoms with Gasteiger partial charge in [-0.2, -0.15) is 0 Å². The molecule has 0 spiro atoms. The predicted octanol–water partition coefficient (Wildman–Crippen LogP) is 3.22. The molecule has 1 aliphatic rings. The number of hydrogen-bond acceptors (Lipinski definition) is 4. The zero-order chi connectivity index (χ0) is 20.5. The van der Waals surface area contributed by atoms with E-state index >= 15 is 0 Å². The maximum absolute atomic E-state index is 12.5. The average molecular weight is 390 g/mol. The van der Waals surface area contributed by atoms with Crippen molar-refractivity contribution in [2.24, 2.45) is 7.05 Å². The number of carboxylic acids is 1. The molecule has 0 amide bonds. The van der Waals surface area contributed by atoms with Gasteiger partial charge >= 0.3 is 5.97 Å². The molecule has 1 N–H and O–H groups in total. The Balaban J connectivity index is 2.01. The Bertz CT molecular complexity index is 1130. The van der Waals surface area contributed by atoms with Crippen LogP contribution in [0.25, 0.3) is 16.6 Å². The summed E-state index contributed by atoms with van der Waals surface area (Å²) in [4.78, 5) is 26.3. The minimum atomic E-state index is -0.928. The lowest BCUT2D eigenvalue weighted by Gasteiger charge is -2.42. The SMILES string of the molecule is COCCN1C(=C=O)c2ccccc2C(C(=O)O)C1c1cn(C)c2ccccc12. The number of carbonyl (C=O) groups excluding carboxylic acids is 1. The van der Waals surface area contributed by atoms with Crippen molar-refractivity contribution in [3.8, 4) is 0 Å². The highest BCUT2D eigenvalue weighted by Gasteiger charge is 2.43. The van der Waals surface area contributed by atoms with Crippen molar-refractivity contribution < 1.29 is 19.4 Å². The van der Waals surface area contributed by atoms with Crippen LogP contribution >= 0.6 is 0 Å². The van der Waals surface area contributed by atoms with E-state index in [9.17, 15) is 14.7 Å². The second kappa shape index (κ2) is 7.59. The van der Waals surface area contributed by atoms with Crippen LogP contribution in [-0.2, 0) is 21.4 Å². The number of methoxy groups -OCH3 is 1. The topological polar surface area (TPSA) is 71.8 Å². The van der Waals surface area contributed by atoms with Crippen LogP contribution in [0.1, 0.15) is 28.7 Å². The summed E-state index contributed by atoms with van der Waals surface area (Å²) < 4.78 is 7.25. The van der Waals surface area contributed by atoms with Crippen LogP contribution < -0.4 is 0 Å². The average Bonchev–Trinajstić information content (AvgIpc) is 3.07. The molecule has 2 unspecified atom stereocenters. The van der Waals surface area contributed by atoms with Crippen molar-refractivity contribution in [3.63, 3.8) is 0 Å². The van der Waals surface area contributed by atoms with E-state index in [2.05, 4.69) is 5.94 Å². The summed E-state index contributed by atoms with van der Waals surface area (Å²) in [6.07, 6.45) is 1.96. The summed E-state index contributed by atoms with van der Waals surface area (Å²) in [7, 11) is 3.53. The molecule has 1 aliphatic heterocycles. The van der Waals surface area contributed by atoms with E-state index in [4.69, 9.17) is 4.74 Å². The fourth-order valence-electron chi connectivity index (χ4n) is 4.41. The van der Waals surface area contributed by atoms with Gasteiger partial charge in [-0.1, -0.05) is 42.5 Å². The van der Waals surface area contributed by atoms with E-state index in [0.717, 1.165) is 16.5 Å². The molecule has 0 radical (unpaired) electrons. The molecule has 6 heteroatoms. The third kappa shape index (κ3) is 3.03. The molecule has 0 saturated carbocycles. The van der Waals surface area contributed by atoms with Gasteiger partial charge in [-0.3, -0.25) is 4.79 Å². The van der Waals surface area contributed by atoms with E-state index in [1.807, 2.05) is 59.1 Å². The van der Waals surface area contributed by atoms with Crippen molar-refractivity contribution in [3.05, 3.63) is 71.4 Å². The first-order chi connectivity index (χ1) is 14.1. The maximum atomic E-state index is 12.5. The Morgan fingerprint density at radius 2 is 1.86 bits per heavy atom. The number of rotatable bonds is 5.